The summed E-state index contributed by atoms with van der Waals surface area (Å²) in [6.45, 7) is -0.368. The van der Waals surface area contributed by atoms with Crippen molar-refractivity contribution in [1.29, 1.82) is 0 Å². The molecular weight excluding hydrogens is 122 g/mol. The molecule has 0 bridgehead atoms. The Morgan fingerprint density at radius 3 is 2.67 bits per heavy atom. The third-order valence-corrected chi connectivity index (χ3v) is 0.911. The molecular formula is C5H11NO3. The summed E-state index contributed by atoms with van der Waals surface area (Å²) >= 11 is 0. The zero-order valence-electron chi connectivity index (χ0n) is 5.29. The lowest BCUT2D eigenvalue weighted by molar-refractivity contribution is -0.123. The van der Waals surface area contributed by atoms with Gasteiger partial charge in [0.2, 0.25) is 5.91 Å². The minimum Gasteiger partial charge on any atom is -0.394 e. The molecule has 0 radical (unpaired) electrons. The predicted molar refractivity (Wildman–Crippen MR) is 31.8 cm³/mol. The van der Waals surface area contributed by atoms with Crippen molar-refractivity contribution in [2.75, 3.05) is 13.7 Å². The van der Waals surface area contributed by atoms with Crippen molar-refractivity contribution in [3.8, 4) is 0 Å². The zero-order chi connectivity index (χ0) is 7.28. The van der Waals surface area contributed by atoms with Crippen LogP contribution in [0.25, 0.3) is 0 Å². The van der Waals surface area contributed by atoms with Gasteiger partial charge in [-0.2, -0.15) is 0 Å². The number of nitrogens with one attached hydrogen (secondary N) is 1. The van der Waals surface area contributed by atoms with Crippen LogP contribution in [-0.2, 0) is 4.79 Å². The summed E-state index contributed by atoms with van der Waals surface area (Å²) in [6, 6.07) is 0. The second kappa shape index (κ2) is 4.29. The van der Waals surface area contributed by atoms with Crippen LogP contribution in [0.4, 0.5) is 0 Å². The fourth-order valence-corrected chi connectivity index (χ4v) is 0.381. The minimum atomic E-state index is -0.926. The van der Waals surface area contributed by atoms with Crippen molar-refractivity contribution in [3.63, 3.8) is 0 Å². The Kier molecular flexibility index (Phi) is 4.00. The predicted octanol–water partition coefficient (Wildman–Crippen LogP) is -1.52. The van der Waals surface area contributed by atoms with Crippen LogP contribution < -0.4 is 5.32 Å². The Labute approximate surface area is 53.5 Å². The molecule has 0 rings (SSSR count). The molecule has 9 heavy (non-hydrogen) atoms. The molecule has 0 aliphatic heterocycles. The zero-order valence-corrected chi connectivity index (χ0v) is 5.29. The third kappa shape index (κ3) is 3.93. The standard InChI is InChI=1S/C5H11NO3/c1-6-5(9)2-4(8)3-7/h4,7-8H,2-3H2,1H3,(H,6,9)/t4-/m0/s1. The number of amides is 1. The maximum absolute atomic E-state index is 10.4. The van der Waals surface area contributed by atoms with Crippen molar-refractivity contribution in [3.05, 3.63) is 0 Å². The molecule has 0 fully saturated rings. The lowest BCUT2D eigenvalue weighted by Gasteiger charge is -2.03. The third-order valence-electron chi connectivity index (χ3n) is 0.911. The highest BCUT2D eigenvalue weighted by Crippen LogP contribution is 1.87. The van der Waals surface area contributed by atoms with E-state index in [0.29, 0.717) is 0 Å². The van der Waals surface area contributed by atoms with Gasteiger partial charge in [-0.25, -0.2) is 0 Å². The molecule has 0 aliphatic carbocycles. The van der Waals surface area contributed by atoms with Crippen molar-refractivity contribution >= 4 is 5.91 Å². The van der Waals surface area contributed by atoms with Gasteiger partial charge in [0.15, 0.2) is 0 Å². The van der Waals surface area contributed by atoms with E-state index in [9.17, 15) is 4.79 Å². The number of aliphatic hydroxyl groups excluding tert-OH is 2. The van der Waals surface area contributed by atoms with E-state index in [1.165, 1.54) is 7.05 Å². The average Bonchev–Trinajstić information content (AvgIpc) is 1.87. The molecule has 1 amide bonds. The van der Waals surface area contributed by atoms with Gasteiger partial charge in [0, 0.05) is 7.05 Å². The Hall–Kier alpha value is -0.610. The van der Waals surface area contributed by atoms with Crippen LogP contribution in [0.3, 0.4) is 0 Å². The van der Waals surface area contributed by atoms with Crippen molar-refractivity contribution in [1.82, 2.24) is 5.32 Å². The fourth-order valence-electron chi connectivity index (χ4n) is 0.381. The second-order valence-electron chi connectivity index (χ2n) is 1.71. The first-order valence-electron chi connectivity index (χ1n) is 2.70. The maximum Gasteiger partial charge on any atom is 0.222 e. The lowest BCUT2D eigenvalue weighted by atomic mass is 10.2. The van der Waals surface area contributed by atoms with E-state index >= 15 is 0 Å². The Bertz CT molecular complexity index is 94.2. The van der Waals surface area contributed by atoms with E-state index in [1.54, 1.807) is 0 Å². The van der Waals surface area contributed by atoms with Gasteiger partial charge in [0.05, 0.1) is 19.1 Å². The van der Waals surface area contributed by atoms with Gasteiger partial charge in [-0.05, 0) is 0 Å². The molecule has 0 aliphatic rings. The summed E-state index contributed by atoms with van der Waals surface area (Å²) < 4.78 is 0. The highest BCUT2D eigenvalue weighted by molar-refractivity contribution is 5.75. The van der Waals surface area contributed by atoms with Gasteiger partial charge in [-0.1, -0.05) is 0 Å². The van der Waals surface area contributed by atoms with E-state index in [0.717, 1.165) is 0 Å². The summed E-state index contributed by atoms with van der Waals surface area (Å²) in [5.74, 6) is -0.267. The maximum atomic E-state index is 10.4. The van der Waals surface area contributed by atoms with Gasteiger partial charge in [0.1, 0.15) is 0 Å². The number of carbonyl (C=O) groups excluding carboxylic acids is 1. The molecule has 4 nitrogen and oxygen atoms in total. The molecule has 0 saturated carbocycles. The molecule has 4 heteroatoms. The number of carbonyl (C=O) groups is 1. The van der Waals surface area contributed by atoms with E-state index in [2.05, 4.69) is 5.32 Å². The molecule has 54 valence electrons. The summed E-state index contributed by atoms with van der Waals surface area (Å²) in [4.78, 5) is 10.4. The quantitative estimate of drug-likeness (QED) is 0.437. The molecule has 0 spiro atoms. The number of aliphatic hydroxyl groups is 2. The van der Waals surface area contributed by atoms with Crippen LogP contribution in [0.2, 0.25) is 0 Å². The SMILES string of the molecule is CNC(=O)C[C@H](O)CO. The van der Waals surface area contributed by atoms with E-state index in [-0.39, 0.29) is 18.9 Å². The van der Waals surface area contributed by atoms with Crippen LogP contribution in [0, 0.1) is 0 Å². The van der Waals surface area contributed by atoms with Crippen molar-refractivity contribution in [2.24, 2.45) is 0 Å². The first kappa shape index (κ1) is 8.39. The van der Waals surface area contributed by atoms with Gasteiger partial charge < -0.3 is 15.5 Å². The van der Waals surface area contributed by atoms with Crippen LogP contribution in [-0.4, -0.2) is 35.9 Å². The molecule has 0 heterocycles. The monoisotopic (exact) mass is 133 g/mol. The molecule has 0 aromatic rings. The molecule has 0 aromatic carbocycles. The largest absolute Gasteiger partial charge is 0.394 e. The van der Waals surface area contributed by atoms with Crippen LogP contribution in [0.1, 0.15) is 6.42 Å². The number of rotatable bonds is 3. The Morgan fingerprint density at radius 2 is 2.33 bits per heavy atom. The average molecular weight is 133 g/mol. The van der Waals surface area contributed by atoms with Crippen LogP contribution in [0.5, 0.6) is 0 Å². The highest BCUT2D eigenvalue weighted by Gasteiger charge is 2.06. The first-order valence-corrected chi connectivity index (χ1v) is 2.70. The fraction of sp³-hybridized carbons (Fsp3) is 0.800. The van der Waals surface area contributed by atoms with Crippen molar-refractivity contribution in [2.45, 2.75) is 12.5 Å². The highest BCUT2D eigenvalue weighted by atomic mass is 16.3. The second-order valence-corrected chi connectivity index (χ2v) is 1.71. The molecule has 0 saturated heterocycles. The number of hydrogen-bond acceptors (Lipinski definition) is 3. The summed E-state index contributed by atoms with van der Waals surface area (Å²) in [5.41, 5.74) is 0. The van der Waals surface area contributed by atoms with E-state index < -0.39 is 6.10 Å². The molecule has 3 N–H and O–H groups in total. The van der Waals surface area contributed by atoms with Gasteiger partial charge in [-0.3, -0.25) is 4.79 Å². The summed E-state index contributed by atoms with van der Waals surface area (Å²) in [7, 11) is 1.48. The smallest absolute Gasteiger partial charge is 0.222 e. The minimum absolute atomic E-state index is 0.0347. The van der Waals surface area contributed by atoms with Crippen molar-refractivity contribution < 1.29 is 15.0 Å². The number of hydrogen-bond donors (Lipinski definition) is 3. The van der Waals surface area contributed by atoms with E-state index in [1.807, 2.05) is 0 Å². The molecule has 0 aromatic heterocycles. The Morgan fingerprint density at radius 1 is 1.78 bits per heavy atom. The molecule has 0 unspecified atom stereocenters. The van der Waals surface area contributed by atoms with Crippen LogP contribution >= 0.6 is 0 Å². The van der Waals surface area contributed by atoms with Gasteiger partial charge >= 0.3 is 0 Å². The first-order chi connectivity index (χ1) is 4.20. The topological polar surface area (TPSA) is 69.6 Å². The Balaban J connectivity index is 3.34. The normalized spacial score (nSPS) is 12.8. The molecule has 1 atom stereocenters. The summed E-state index contributed by atoms with van der Waals surface area (Å²) in [5, 5.41) is 19.2. The lowest BCUT2D eigenvalue weighted by Crippen LogP contribution is -2.25. The van der Waals surface area contributed by atoms with Crippen LogP contribution in [0.15, 0.2) is 0 Å². The van der Waals surface area contributed by atoms with Gasteiger partial charge in [-0.15, -0.1) is 0 Å². The summed E-state index contributed by atoms with van der Waals surface area (Å²) in [6.07, 6.45) is -0.961. The van der Waals surface area contributed by atoms with E-state index in [4.69, 9.17) is 10.2 Å². The van der Waals surface area contributed by atoms with Gasteiger partial charge in [0.25, 0.3) is 0 Å².